The number of anilines is 1. The topological polar surface area (TPSA) is 49.4 Å². The Morgan fingerprint density at radius 1 is 1.29 bits per heavy atom. The lowest BCUT2D eigenvalue weighted by molar-refractivity contribution is -0.134. The number of carbonyl (C=O) groups is 2. The summed E-state index contributed by atoms with van der Waals surface area (Å²) in [5, 5.41) is 2.69. The normalized spacial score (nSPS) is 19.1. The van der Waals surface area contributed by atoms with Crippen LogP contribution in [0.1, 0.15) is 13.8 Å². The van der Waals surface area contributed by atoms with Gasteiger partial charge in [0.15, 0.2) is 0 Å². The first kappa shape index (κ1) is 12.3. The summed E-state index contributed by atoms with van der Waals surface area (Å²) in [7, 11) is 0. The smallest absolute Gasteiger partial charge is 0.252 e. The van der Waals surface area contributed by atoms with Gasteiger partial charge in [0.05, 0.1) is 5.69 Å². The zero-order chi connectivity index (χ0) is 12.6. The molecule has 0 saturated carbocycles. The first-order valence-electron chi connectivity index (χ1n) is 5.29. The van der Waals surface area contributed by atoms with Crippen molar-refractivity contribution in [2.45, 2.75) is 19.4 Å². The molecular weight excluding hydrogens is 331 g/mol. The highest BCUT2D eigenvalue weighted by atomic mass is 127. The van der Waals surface area contributed by atoms with Gasteiger partial charge in [0.25, 0.3) is 5.91 Å². The van der Waals surface area contributed by atoms with Crippen molar-refractivity contribution >= 4 is 40.1 Å². The Kier molecular flexibility index (Phi) is 3.11. The average Bonchev–Trinajstić information content (AvgIpc) is 2.24. The summed E-state index contributed by atoms with van der Waals surface area (Å²) in [6, 6.07) is 7.55. The Balaban J connectivity index is 2.42. The van der Waals surface area contributed by atoms with E-state index in [0.29, 0.717) is 0 Å². The Labute approximate surface area is 114 Å². The molecule has 1 saturated heterocycles. The summed E-state index contributed by atoms with van der Waals surface area (Å²) in [5.74, 6) is -0.213. The van der Waals surface area contributed by atoms with Crippen LogP contribution in [0.5, 0.6) is 0 Å². The van der Waals surface area contributed by atoms with E-state index in [2.05, 4.69) is 27.9 Å². The molecule has 1 heterocycles. The largest absolute Gasteiger partial charge is 0.341 e. The summed E-state index contributed by atoms with van der Waals surface area (Å²) in [4.78, 5) is 25.4. The maximum absolute atomic E-state index is 12.3. The van der Waals surface area contributed by atoms with Crippen molar-refractivity contribution in [3.05, 3.63) is 27.8 Å². The molecule has 0 radical (unpaired) electrons. The fourth-order valence-corrected chi connectivity index (χ4v) is 2.54. The summed E-state index contributed by atoms with van der Waals surface area (Å²) >= 11 is 2.17. The molecular formula is C12H13IN2O2. The van der Waals surface area contributed by atoms with Crippen molar-refractivity contribution in [1.82, 2.24) is 5.32 Å². The number of rotatable bonds is 1. The second-order valence-corrected chi connectivity index (χ2v) is 5.68. The number of para-hydroxylation sites is 1. The maximum Gasteiger partial charge on any atom is 0.252 e. The lowest BCUT2D eigenvalue weighted by Gasteiger charge is -2.37. The maximum atomic E-state index is 12.3. The van der Waals surface area contributed by atoms with E-state index >= 15 is 0 Å². The van der Waals surface area contributed by atoms with Gasteiger partial charge in [-0.3, -0.25) is 14.5 Å². The number of nitrogens with one attached hydrogen (secondary N) is 1. The molecule has 4 nitrogen and oxygen atoms in total. The SMILES string of the molecule is CC1(C)NC(=O)CN(c2ccccc2I)C1=O. The summed E-state index contributed by atoms with van der Waals surface area (Å²) < 4.78 is 0.962. The minimum atomic E-state index is -0.839. The van der Waals surface area contributed by atoms with Gasteiger partial charge in [-0.15, -0.1) is 0 Å². The lowest BCUT2D eigenvalue weighted by Crippen LogP contribution is -2.64. The van der Waals surface area contributed by atoms with Crippen LogP contribution in [0.2, 0.25) is 0 Å². The van der Waals surface area contributed by atoms with Gasteiger partial charge >= 0.3 is 0 Å². The third-order valence-electron chi connectivity index (χ3n) is 2.68. The quantitative estimate of drug-likeness (QED) is 0.786. The van der Waals surface area contributed by atoms with Gasteiger partial charge in [-0.2, -0.15) is 0 Å². The van der Waals surface area contributed by atoms with Gasteiger partial charge in [0.1, 0.15) is 12.1 Å². The number of piperazine rings is 1. The number of hydrogen-bond acceptors (Lipinski definition) is 2. The third kappa shape index (κ3) is 2.29. The van der Waals surface area contributed by atoms with E-state index in [4.69, 9.17) is 0 Å². The summed E-state index contributed by atoms with van der Waals surface area (Å²) in [6.07, 6.45) is 0. The van der Waals surface area contributed by atoms with Crippen LogP contribution in [0, 0.1) is 3.57 Å². The van der Waals surface area contributed by atoms with E-state index in [9.17, 15) is 9.59 Å². The lowest BCUT2D eigenvalue weighted by atomic mass is 10.00. The molecule has 0 atom stereocenters. The van der Waals surface area contributed by atoms with Crippen molar-refractivity contribution in [2.75, 3.05) is 11.4 Å². The van der Waals surface area contributed by atoms with E-state index in [1.165, 1.54) is 0 Å². The third-order valence-corrected chi connectivity index (χ3v) is 3.59. The molecule has 2 amide bonds. The van der Waals surface area contributed by atoms with Gasteiger partial charge in [-0.1, -0.05) is 12.1 Å². The molecule has 0 aliphatic carbocycles. The molecule has 90 valence electrons. The summed E-state index contributed by atoms with van der Waals surface area (Å²) in [6.45, 7) is 3.52. The number of halogens is 1. The van der Waals surface area contributed by atoms with Crippen LogP contribution in [0.15, 0.2) is 24.3 Å². The summed E-state index contributed by atoms with van der Waals surface area (Å²) in [5.41, 5.74) is -0.0464. The monoisotopic (exact) mass is 344 g/mol. The van der Waals surface area contributed by atoms with E-state index < -0.39 is 5.54 Å². The second kappa shape index (κ2) is 4.29. The van der Waals surface area contributed by atoms with Gasteiger partial charge < -0.3 is 5.32 Å². The molecule has 1 N–H and O–H groups in total. The first-order valence-corrected chi connectivity index (χ1v) is 6.37. The van der Waals surface area contributed by atoms with Crippen LogP contribution in [0.3, 0.4) is 0 Å². The van der Waals surface area contributed by atoms with Gasteiger partial charge in [-0.05, 0) is 48.6 Å². The molecule has 0 aromatic heterocycles. The fraction of sp³-hybridized carbons (Fsp3) is 0.333. The van der Waals surface area contributed by atoms with Crippen LogP contribution in [0.4, 0.5) is 5.69 Å². The molecule has 0 spiro atoms. The van der Waals surface area contributed by atoms with Crippen molar-refractivity contribution in [3.63, 3.8) is 0 Å². The van der Waals surface area contributed by atoms with E-state index in [0.717, 1.165) is 9.26 Å². The van der Waals surface area contributed by atoms with Gasteiger partial charge in [0, 0.05) is 3.57 Å². The zero-order valence-corrected chi connectivity index (χ0v) is 11.8. The van der Waals surface area contributed by atoms with Gasteiger partial charge in [0.2, 0.25) is 5.91 Å². The van der Waals surface area contributed by atoms with Crippen molar-refractivity contribution in [1.29, 1.82) is 0 Å². The Morgan fingerprint density at radius 2 is 1.94 bits per heavy atom. The molecule has 2 rings (SSSR count). The Morgan fingerprint density at radius 3 is 2.59 bits per heavy atom. The van der Waals surface area contributed by atoms with Crippen LogP contribution in [-0.4, -0.2) is 23.9 Å². The number of hydrogen-bond donors (Lipinski definition) is 1. The van der Waals surface area contributed by atoms with Crippen LogP contribution in [-0.2, 0) is 9.59 Å². The highest BCUT2D eigenvalue weighted by molar-refractivity contribution is 14.1. The van der Waals surface area contributed by atoms with E-state index in [1.54, 1.807) is 18.7 Å². The average molecular weight is 344 g/mol. The minimum Gasteiger partial charge on any atom is -0.341 e. The molecule has 1 aliphatic rings. The fourth-order valence-electron chi connectivity index (χ4n) is 1.86. The molecule has 1 aromatic rings. The van der Waals surface area contributed by atoms with Crippen molar-refractivity contribution in [2.24, 2.45) is 0 Å². The van der Waals surface area contributed by atoms with E-state index in [-0.39, 0.29) is 18.4 Å². The number of amides is 2. The molecule has 1 aliphatic heterocycles. The predicted octanol–water partition coefficient (Wildman–Crippen LogP) is 1.53. The predicted molar refractivity (Wildman–Crippen MR) is 73.7 cm³/mol. The van der Waals surface area contributed by atoms with Gasteiger partial charge in [-0.25, -0.2) is 0 Å². The van der Waals surface area contributed by atoms with Crippen molar-refractivity contribution < 1.29 is 9.59 Å². The molecule has 0 bridgehead atoms. The Hall–Kier alpha value is -1.11. The Bertz CT molecular complexity index is 485. The number of nitrogens with zero attached hydrogens (tertiary/aromatic N) is 1. The molecule has 1 aromatic carbocycles. The molecule has 0 unspecified atom stereocenters. The number of carbonyl (C=O) groups excluding carboxylic acids is 2. The van der Waals surface area contributed by atoms with Crippen LogP contribution in [0.25, 0.3) is 0 Å². The molecule has 17 heavy (non-hydrogen) atoms. The zero-order valence-electron chi connectivity index (χ0n) is 9.66. The molecule has 5 heteroatoms. The molecule has 1 fully saturated rings. The first-order chi connectivity index (χ1) is 7.92. The highest BCUT2D eigenvalue weighted by Gasteiger charge is 2.40. The van der Waals surface area contributed by atoms with E-state index in [1.807, 2.05) is 24.3 Å². The minimum absolute atomic E-state index is 0.0822. The highest BCUT2D eigenvalue weighted by Crippen LogP contribution is 2.26. The van der Waals surface area contributed by atoms with Crippen LogP contribution < -0.4 is 10.2 Å². The second-order valence-electron chi connectivity index (χ2n) is 4.52. The number of benzene rings is 1. The van der Waals surface area contributed by atoms with Crippen molar-refractivity contribution in [3.8, 4) is 0 Å². The van der Waals surface area contributed by atoms with Crippen LogP contribution >= 0.6 is 22.6 Å². The standard InChI is InChI=1S/C12H13IN2O2/c1-12(2)11(17)15(7-10(16)14-12)9-6-4-3-5-8(9)13/h3-6H,7H2,1-2H3,(H,14,16).